The smallest absolute Gasteiger partial charge is 0.410 e. The molecule has 1 saturated heterocycles. The molecule has 1 saturated carbocycles. The minimum absolute atomic E-state index is 0.179. The summed E-state index contributed by atoms with van der Waals surface area (Å²) in [6.45, 7) is 6.41. The fraction of sp³-hybridized carbons (Fsp3) is 0.867. The van der Waals surface area contributed by atoms with E-state index in [4.69, 9.17) is 4.74 Å². The summed E-state index contributed by atoms with van der Waals surface area (Å²) in [5.74, 6) is -0.0542. The first-order valence-electron chi connectivity index (χ1n) is 7.44. The number of hydrogen-bond donors (Lipinski definition) is 1. The van der Waals surface area contributed by atoms with Crippen LogP contribution in [0.4, 0.5) is 4.79 Å². The lowest BCUT2D eigenvalue weighted by Crippen LogP contribution is -2.52. The second-order valence-electron chi connectivity index (χ2n) is 6.98. The SMILES string of the molecule is CC(C)(C)OC(=O)N1CCC(O)(C2CCCC2=O)CC1. The summed E-state index contributed by atoms with van der Waals surface area (Å²) in [6.07, 6.45) is 2.83. The van der Waals surface area contributed by atoms with Gasteiger partial charge < -0.3 is 14.7 Å². The second-order valence-corrected chi connectivity index (χ2v) is 6.98. The van der Waals surface area contributed by atoms with Gasteiger partial charge in [0.25, 0.3) is 0 Å². The Morgan fingerprint density at radius 1 is 1.35 bits per heavy atom. The van der Waals surface area contributed by atoms with Crippen LogP contribution in [0, 0.1) is 5.92 Å². The van der Waals surface area contributed by atoms with Crippen molar-refractivity contribution < 1.29 is 19.4 Å². The number of ketones is 1. The molecule has 1 unspecified atom stereocenters. The van der Waals surface area contributed by atoms with Gasteiger partial charge in [0.15, 0.2) is 0 Å². The number of nitrogens with zero attached hydrogens (tertiary/aromatic N) is 1. The lowest BCUT2D eigenvalue weighted by Gasteiger charge is -2.41. The number of carbonyl (C=O) groups excluding carboxylic acids is 2. The molecule has 1 N–H and O–H groups in total. The molecular formula is C15H25NO4. The van der Waals surface area contributed by atoms with E-state index >= 15 is 0 Å². The molecule has 0 radical (unpaired) electrons. The van der Waals surface area contributed by atoms with E-state index in [1.54, 1.807) is 4.90 Å². The van der Waals surface area contributed by atoms with Crippen molar-refractivity contribution in [2.75, 3.05) is 13.1 Å². The van der Waals surface area contributed by atoms with Crippen LogP contribution < -0.4 is 0 Å². The van der Waals surface area contributed by atoms with Crippen molar-refractivity contribution >= 4 is 11.9 Å². The van der Waals surface area contributed by atoms with Crippen molar-refractivity contribution in [3.63, 3.8) is 0 Å². The summed E-state index contributed by atoms with van der Waals surface area (Å²) in [5, 5.41) is 10.7. The van der Waals surface area contributed by atoms with Gasteiger partial charge in [0, 0.05) is 25.4 Å². The Morgan fingerprint density at radius 2 is 1.95 bits per heavy atom. The Kier molecular flexibility index (Phi) is 4.09. The molecule has 1 aliphatic heterocycles. The fourth-order valence-corrected chi connectivity index (χ4v) is 3.14. The Balaban J connectivity index is 1.92. The Labute approximate surface area is 120 Å². The van der Waals surface area contributed by atoms with Crippen LogP contribution in [-0.2, 0) is 9.53 Å². The molecule has 114 valence electrons. The number of piperidine rings is 1. The molecule has 1 atom stereocenters. The van der Waals surface area contributed by atoms with Gasteiger partial charge in [-0.15, -0.1) is 0 Å². The van der Waals surface area contributed by atoms with E-state index in [0.717, 1.165) is 12.8 Å². The van der Waals surface area contributed by atoms with Gasteiger partial charge in [-0.25, -0.2) is 4.79 Å². The predicted molar refractivity (Wildman–Crippen MR) is 74.3 cm³/mol. The van der Waals surface area contributed by atoms with Crippen molar-refractivity contribution in [1.29, 1.82) is 0 Å². The minimum atomic E-state index is -0.925. The van der Waals surface area contributed by atoms with Crippen molar-refractivity contribution in [2.45, 2.75) is 64.1 Å². The predicted octanol–water partition coefficient (Wildman–Crippen LogP) is 2.12. The van der Waals surface area contributed by atoms with E-state index in [1.165, 1.54) is 0 Å². The molecule has 5 nitrogen and oxygen atoms in total. The summed E-state index contributed by atoms with van der Waals surface area (Å²) in [5.41, 5.74) is -1.43. The maximum absolute atomic E-state index is 12.0. The Bertz CT molecular complexity index is 391. The maximum atomic E-state index is 12.0. The molecule has 5 heteroatoms. The summed E-state index contributed by atoms with van der Waals surface area (Å²) in [6, 6.07) is 0. The lowest BCUT2D eigenvalue weighted by atomic mass is 9.78. The van der Waals surface area contributed by atoms with E-state index in [-0.39, 0.29) is 17.8 Å². The third-order valence-corrected chi connectivity index (χ3v) is 4.23. The van der Waals surface area contributed by atoms with Gasteiger partial charge in [0.05, 0.1) is 5.60 Å². The molecule has 2 rings (SSSR count). The number of rotatable bonds is 1. The average molecular weight is 283 g/mol. The number of amides is 1. The van der Waals surface area contributed by atoms with Gasteiger partial charge >= 0.3 is 6.09 Å². The van der Waals surface area contributed by atoms with Crippen LogP contribution in [0.15, 0.2) is 0 Å². The number of likely N-dealkylation sites (tertiary alicyclic amines) is 1. The van der Waals surface area contributed by atoms with Crippen LogP contribution in [0.5, 0.6) is 0 Å². The van der Waals surface area contributed by atoms with Crippen molar-refractivity contribution in [3.8, 4) is 0 Å². The summed E-state index contributed by atoms with van der Waals surface area (Å²) in [4.78, 5) is 25.4. The van der Waals surface area contributed by atoms with Crippen molar-refractivity contribution in [1.82, 2.24) is 4.90 Å². The number of hydrogen-bond acceptors (Lipinski definition) is 4. The van der Waals surface area contributed by atoms with Crippen LogP contribution in [0.2, 0.25) is 0 Å². The zero-order valence-corrected chi connectivity index (χ0v) is 12.6. The normalized spacial score (nSPS) is 26.7. The first-order chi connectivity index (χ1) is 9.21. The summed E-state index contributed by atoms with van der Waals surface area (Å²) >= 11 is 0. The Morgan fingerprint density at radius 3 is 2.40 bits per heavy atom. The van der Waals surface area contributed by atoms with E-state index in [1.807, 2.05) is 20.8 Å². The quantitative estimate of drug-likeness (QED) is 0.800. The van der Waals surface area contributed by atoms with Gasteiger partial charge in [-0.2, -0.15) is 0 Å². The highest BCUT2D eigenvalue weighted by Gasteiger charge is 2.45. The van der Waals surface area contributed by atoms with Crippen molar-refractivity contribution in [3.05, 3.63) is 0 Å². The highest BCUT2D eigenvalue weighted by atomic mass is 16.6. The monoisotopic (exact) mass is 283 g/mol. The molecule has 2 fully saturated rings. The largest absolute Gasteiger partial charge is 0.444 e. The van der Waals surface area contributed by atoms with Crippen LogP contribution in [0.1, 0.15) is 52.9 Å². The van der Waals surface area contributed by atoms with Crippen LogP contribution in [-0.4, -0.2) is 46.2 Å². The summed E-state index contributed by atoms with van der Waals surface area (Å²) < 4.78 is 5.33. The zero-order valence-electron chi connectivity index (χ0n) is 12.6. The highest BCUT2D eigenvalue weighted by Crippen LogP contribution is 2.38. The Hall–Kier alpha value is -1.10. The molecular weight excluding hydrogens is 258 g/mol. The molecule has 1 aliphatic carbocycles. The maximum Gasteiger partial charge on any atom is 0.410 e. The molecule has 20 heavy (non-hydrogen) atoms. The standard InChI is InChI=1S/C15H25NO4/c1-14(2,3)20-13(18)16-9-7-15(19,8-10-16)11-5-4-6-12(11)17/h11,19H,4-10H2,1-3H3. The number of carbonyl (C=O) groups is 2. The molecule has 0 spiro atoms. The fourth-order valence-electron chi connectivity index (χ4n) is 3.14. The minimum Gasteiger partial charge on any atom is -0.444 e. The summed E-state index contributed by atoms with van der Waals surface area (Å²) in [7, 11) is 0. The van der Waals surface area contributed by atoms with E-state index in [0.29, 0.717) is 32.4 Å². The third-order valence-electron chi connectivity index (χ3n) is 4.23. The van der Waals surface area contributed by atoms with Crippen LogP contribution >= 0.6 is 0 Å². The number of Topliss-reactive ketones (excluding diaryl/α,β-unsaturated/α-hetero) is 1. The van der Waals surface area contributed by atoms with Gasteiger partial charge in [-0.05, 0) is 46.5 Å². The van der Waals surface area contributed by atoms with Crippen LogP contribution in [0.25, 0.3) is 0 Å². The van der Waals surface area contributed by atoms with E-state index < -0.39 is 11.2 Å². The van der Waals surface area contributed by atoms with Gasteiger partial charge in [-0.3, -0.25) is 4.79 Å². The van der Waals surface area contributed by atoms with Gasteiger partial charge in [-0.1, -0.05) is 0 Å². The molecule has 1 heterocycles. The zero-order chi connectivity index (χ0) is 15.0. The first-order valence-corrected chi connectivity index (χ1v) is 7.44. The third kappa shape index (κ3) is 3.32. The van der Waals surface area contributed by atoms with E-state index in [9.17, 15) is 14.7 Å². The molecule has 0 aromatic rings. The molecule has 0 aromatic carbocycles. The second kappa shape index (κ2) is 5.35. The lowest BCUT2D eigenvalue weighted by molar-refractivity contribution is -0.133. The van der Waals surface area contributed by atoms with Gasteiger partial charge in [0.1, 0.15) is 11.4 Å². The number of aliphatic hydroxyl groups is 1. The van der Waals surface area contributed by atoms with Gasteiger partial charge in [0.2, 0.25) is 0 Å². The topological polar surface area (TPSA) is 66.8 Å². The molecule has 0 aromatic heterocycles. The van der Waals surface area contributed by atoms with Crippen LogP contribution in [0.3, 0.4) is 0 Å². The molecule has 1 amide bonds. The average Bonchev–Trinajstić information content (AvgIpc) is 2.74. The van der Waals surface area contributed by atoms with Crippen molar-refractivity contribution in [2.24, 2.45) is 5.92 Å². The molecule has 0 bridgehead atoms. The van der Waals surface area contributed by atoms with E-state index in [2.05, 4.69) is 0 Å². The highest BCUT2D eigenvalue weighted by molar-refractivity contribution is 5.84. The number of ether oxygens (including phenoxy) is 1. The molecule has 2 aliphatic rings. The first kappa shape index (κ1) is 15.3.